The van der Waals surface area contributed by atoms with Gasteiger partial charge in [0.2, 0.25) is 0 Å². The standard InChI is InChI=1S/C13H20FNO/c1-4-11(5-2)15-9(3)12-8-10(14)6-7-13(12)16/h6-9,11,15-16H,4-5H2,1-3H3. The average Bonchev–Trinajstić information content (AvgIpc) is 2.28. The zero-order valence-corrected chi connectivity index (χ0v) is 10.1. The van der Waals surface area contributed by atoms with Crippen molar-refractivity contribution < 1.29 is 9.50 Å². The molecular weight excluding hydrogens is 205 g/mol. The van der Waals surface area contributed by atoms with Crippen LogP contribution in [0.1, 0.15) is 45.2 Å². The number of hydrogen-bond acceptors (Lipinski definition) is 2. The molecule has 1 aromatic rings. The van der Waals surface area contributed by atoms with Crippen LogP contribution in [-0.4, -0.2) is 11.1 Å². The van der Waals surface area contributed by atoms with E-state index in [1.165, 1.54) is 18.2 Å². The number of halogens is 1. The highest BCUT2D eigenvalue weighted by atomic mass is 19.1. The molecule has 3 heteroatoms. The molecule has 1 unspecified atom stereocenters. The fourth-order valence-corrected chi connectivity index (χ4v) is 1.84. The Labute approximate surface area is 96.5 Å². The highest BCUT2D eigenvalue weighted by molar-refractivity contribution is 5.34. The summed E-state index contributed by atoms with van der Waals surface area (Å²) in [7, 11) is 0. The third-order valence-corrected chi connectivity index (χ3v) is 2.93. The summed E-state index contributed by atoms with van der Waals surface area (Å²) in [6.45, 7) is 6.16. The molecule has 2 nitrogen and oxygen atoms in total. The van der Waals surface area contributed by atoms with Crippen LogP contribution in [0.3, 0.4) is 0 Å². The molecule has 0 aliphatic rings. The Bertz CT molecular complexity index is 337. The van der Waals surface area contributed by atoms with Crippen LogP contribution < -0.4 is 5.32 Å². The second kappa shape index (κ2) is 5.85. The summed E-state index contributed by atoms with van der Waals surface area (Å²) in [4.78, 5) is 0. The largest absolute Gasteiger partial charge is 0.508 e. The molecule has 0 saturated heterocycles. The van der Waals surface area contributed by atoms with E-state index in [4.69, 9.17) is 0 Å². The van der Waals surface area contributed by atoms with Gasteiger partial charge in [-0.05, 0) is 38.0 Å². The van der Waals surface area contributed by atoms with Gasteiger partial charge in [-0.15, -0.1) is 0 Å². The molecule has 0 aliphatic carbocycles. The lowest BCUT2D eigenvalue weighted by Gasteiger charge is -2.22. The Morgan fingerprint density at radius 3 is 2.50 bits per heavy atom. The van der Waals surface area contributed by atoms with Crippen LogP contribution in [0.15, 0.2) is 18.2 Å². The van der Waals surface area contributed by atoms with Crippen LogP contribution in [0, 0.1) is 5.82 Å². The monoisotopic (exact) mass is 225 g/mol. The van der Waals surface area contributed by atoms with E-state index in [2.05, 4.69) is 19.2 Å². The van der Waals surface area contributed by atoms with E-state index in [0.717, 1.165) is 12.8 Å². The molecule has 0 amide bonds. The third kappa shape index (κ3) is 3.20. The van der Waals surface area contributed by atoms with Gasteiger partial charge in [0, 0.05) is 17.6 Å². The van der Waals surface area contributed by atoms with Gasteiger partial charge in [0.1, 0.15) is 11.6 Å². The van der Waals surface area contributed by atoms with Crippen molar-refractivity contribution in [3.8, 4) is 5.75 Å². The van der Waals surface area contributed by atoms with Crippen molar-refractivity contribution in [2.24, 2.45) is 0 Å². The lowest BCUT2D eigenvalue weighted by Crippen LogP contribution is -2.30. The van der Waals surface area contributed by atoms with Crippen molar-refractivity contribution >= 4 is 0 Å². The molecule has 2 N–H and O–H groups in total. The van der Waals surface area contributed by atoms with Crippen LogP contribution in [0.2, 0.25) is 0 Å². The second-order valence-electron chi connectivity index (χ2n) is 4.10. The molecule has 0 aromatic heterocycles. The lowest BCUT2D eigenvalue weighted by molar-refractivity contribution is 0.409. The van der Waals surface area contributed by atoms with Gasteiger partial charge >= 0.3 is 0 Å². The van der Waals surface area contributed by atoms with Gasteiger partial charge in [0.05, 0.1) is 0 Å². The summed E-state index contributed by atoms with van der Waals surface area (Å²) >= 11 is 0. The summed E-state index contributed by atoms with van der Waals surface area (Å²) in [5, 5.41) is 13.0. The molecule has 0 fully saturated rings. The van der Waals surface area contributed by atoms with Crippen molar-refractivity contribution in [3.63, 3.8) is 0 Å². The Hall–Kier alpha value is -1.09. The highest BCUT2D eigenvalue weighted by Crippen LogP contribution is 2.25. The highest BCUT2D eigenvalue weighted by Gasteiger charge is 2.14. The van der Waals surface area contributed by atoms with Crippen LogP contribution in [-0.2, 0) is 0 Å². The number of phenols is 1. The molecule has 1 atom stereocenters. The molecule has 16 heavy (non-hydrogen) atoms. The molecule has 0 spiro atoms. The van der Waals surface area contributed by atoms with Gasteiger partial charge < -0.3 is 10.4 Å². The number of benzene rings is 1. The zero-order chi connectivity index (χ0) is 12.1. The topological polar surface area (TPSA) is 32.3 Å². The summed E-state index contributed by atoms with van der Waals surface area (Å²) in [5.74, 6) is -0.168. The Morgan fingerprint density at radius 1 is 1.31 bits per heavy atom. The minimum absolute atomic E-state index is 0.0411. The van der Waals surface area contributed by atoms with Crippen molar-refractivity contribution in [2.45, 2.75) is 45.7 Å². The molecule has 0 aliphatic heterocycles. The van der Waals surface area contributed by atoms with Crippen molar-refractivity contribution in [1.29, 1.82) is 0 Å². The minimum Gasteiger partial charge on any atom is -0.508 e. The van der Waals surface area contributed by atoms with E-state index in [-0.39, 0.29) is 17.6 Å². The SMILES string of the molecule is CCC(CC)NC(C)c1cc(F)ccc1O. The number of aromatic hydroxyl groups is 1. The Morgan fingerprint density at radius 2 is 1.94 bits per heavy atom. The maximum absolute atomic E-state index is 13.1. The first kappa shape index (κ1) is 13.0. The predicted molar refractivity (Wildman–Crippen MR) is 64.0 cm³/mol. The number of rotatable bonds is 5. The molecule has 1 rings (SSSR count). The van der Waals surface area contributed by atoms with E-state index >= 15 is 0 Å². The Balaban J connectivity index is 2.79. The van der Waals surface area contributed by atoms with Gasteiger partial charge in [-0.1, -0.05) is 13.8 Å². The quantitative estimate of drug-likeness (QED) is 0.805. The molecule has 0 saturated carbocycles. The zero-order valence-electron chi connectivity index (χ0n) is 10.1. The third-order valence-electron chi connectivity index (χ3n) is 2.93. The summed E-state index contributed by atoms with van der Waals surface area (Å²) < 4.78 is 13.1. The molecule has 0 bridgehead atoms. The van der Waals surface area contributed by atoms with E-state index in [1.807, 2.05) is 6.92 Å². The number of nitrogens with one attached hydrogen (secondary N) is 1. The maximum atomic E-state index is 13.1. The number of phenolic OH excluding ortho intramolecular Hbond substituents is 1. The summed E-state index contributed by atoms with van der Waals surface area (Å²) in [6.07, 6.45) is 2.05. The van der Waals surface area contributed by atoms with E-state index in [1.54, 1.807) is 0 Å². The van der Waals surface area contributed by atoms with Crippen LogP contribution in [0.5, 0.6) is 5.75 Å². The van der Waals surface area contributed by atoms with E-state index in [9.17, 15) is 9.50 Å². The smallest absolute Gasteiger partial charge is 0.123 e. The molecule has 90 valence electrons. The predicted octanol–water partition coefficient (Wildman–Crippen LogP) is 3.37. The van der Waals surface area contributed by atoms with E-state index < -0.39 is 0 Å². The van der Waals surface area contributed by atoms with Crippen LogP contribution >= 0.6 is 0 Å². The van der Waals surface area contributed by atoms with Gasteiger partial charge in [-0.25, -0.2) is 4.39 Å². The van der Waals surface area contributed by atoms with Gasteiger partial charge in [0.25, 0.3) is 0 Å². The van der Waals surface area contributed by atoms with Crippen molar-refractivity contribution in [2.75, 3.05) is 0 Å². The van der Waals surface area contributed by atoms with Gasteiger partial charge in [-0.2, -0.15) is 0 Å². The van der Waals surface area contributed by atoms with Crippen molar-refractivity contribution in [1.82, 2.24) is 5.32 Å². The molecule has 1 aromatic carbocycles. The summed E-state index contributed by atoms with van der Waals surface area (Å²) in [6, 6.07) is 4.41. The van der Waals surface area contributed by atoms with Crippen LogP contribution in [0.4, 0.5) is 4.39 Å². The first-order valence-corrected chi connectivity index (χ1v) is 5.82. The normalized spacial score (nSPS) is 13.1. The lowest BCUT2D eigenvalue weighted by atomic mass is 10.0. The van der Waals surface area contributed by atoms with Gasteiger partial charge in [0.15, 0.2) is 0 Å². The van der Waals surface area contributed by atoms with Crippen molar-refractivity contribution in [3.05, 3.63) is 29.6 Å². The minimum atomic E-state index is -0.314. The van der Waals surface area contributed by atoms with E-state index in [0.29, 0.717) is 11.6 Å². The fourth-order valence-electron chi connectivity index (χ4n) is 1.84. The second-order valence-corrected chi connectivity index (χ2v) is 4.10. The summed E-state index contributed by atoms with van der Waals surface area (Å²) in [5.41, 5.74) is 0.618. The molecule has 0 heterocycles. The number of hydrogen-bond donors (Lipinski definition) is 2. The fraction of sp³-hybridized carbons (Fsp3) is 0.538. The first-order valence-electron chi connectivity index (χ1n) is 5.82. The molecule has 0 radical (unpaired) electrons. The van der Waals surface area contributed by atoms with Crippen LogP contribution in [0.25, 0.3) is 0 Å². The average molecular weight is 225 g/mol. The molecular formula is C13H20FNO. The first-order chi connectivity index (χ1) is 7.58. The van der Waals surface area contributed by atoms with Gasteiger partial charge in [-0.3, -0.25) is 0 Å². The Kier molecular flexibility index (Phi) is 4.74. The maximum Gasteiger partial charge on any atom is 0.123 e.